The largest absolute Gasteiger partial charge is 0.492 e. The van der Waals surface area contributed by atoms with E-state index in [1.807, 2.05) is 0 Å². The second-order valence-electron chi connectivity index (χ2n) is 6.63. The molecule has 0 aromatic heterocycles. The van der Waals surface area contributed by atoms with Gasteiger partial charge in [-0.15, -0.1) is 0 Å². The Morgan fingerprint density at radius 3 is 2.80 bits per heavy atom. The molecule has 1 aromatic carbocycles. The van der Waals surface area contributed by atoms with E-state index in [9.17, 15) is 0 Å². The first-order valence-corrected chi connectivity index (χ1v) is 8.01. The number of benzene rings is 1. The van der Waals surface area contributed by atoms with Crippen LogP contribution in [0.1, 0.15) is 50.7 Å². The molecule has 0 saturated carbocycles. The van der Waals surface area contributed by atoms with Gasteiger partial charge in [0.25, 0.3) is 0 Å². The van der Waals surface area contributed by atoms with Crippen molar-refractivity contribution < 1.29 is 4.74 Å². The van der Waals surface area contributed by atoms with Gasteiger partial charge in [0.2, 0.25) is 0 Å². The van der Waals surface area contributed by atoms with E-state index in [0.717, 1.165) is 24.8 Å². The number of aryl methyl sites for hydroxylation is 1. The van der Waals surface area contributed by atoms with Gasteiger partial charge in [-0.25, -0.2) is 0 Å². The van der Waals surface area contributed by atoms with E-state index in [-0.39, 0.29) is 0 Å². The Kier molecular flexibility index (Phi) is 5.47. The first-order valence-electron chi connectivity index (χ1n) is 8.01. The summed E-state index contributed by atoms with van der Waals surface area (Å²) in [6.07, 6.45) is 2.72. The third-order valence-corrected chi connectivity index (χ3v) is 4.16. The molecule has 1 atom stereocenters. The summed E-state index contributed by atoms with van der Waals surface area (Å²) in [6, 6.07) is 6.59. The molecule has 0 radical (unpaired) electrons. The highest BCUT2D eigenvalue weighted by Crippen LogP contribution is 2.23. The number of ether oxygens (including phenoxy) is 1. The molecule has 1 saturated heterocycles. The SMILES string of the molecule is Cc1cc(OCCN2CCCC(C)C2)cc(C(C)C)c1. The van der Waals surface area contributed by atoms with Gasteiger partial charge in [0.05, 0.1) is 0 Å². The molecule has 2 rings (SSSR count). The van der Waals surface area contributed by atoms with Gasteiger partial charge in [-0.3, -0.25) is 4.90 Å². The third kappa shape index (κ3) is 4.52. The lowest BCUT2D eigenvalue weighted by Gasteiger charge is -2.30. The maximum absolute atomic E-state index is 5.97. The fourth-order valence-corrected chi connectivity index (χ4v) is 2.98. The summed E-state index contributed by atoms with van der Waals surface area (Å²) < 4.78 is 5.97. The van der Waals surface area contributed by atoms with Crippen molar-refractivity contribution in [1.29, 1.82) is 0 Å². The smallest absolute Gasteiger partial charge is 0.119 e. The highest BCUT2D eigenvalue weighted by Gasteiger charge is 2.15. The number of rotatable bonds is 5. The minimum absolute atomic E-state index is 0.556. The van der Waals surface area contributed by atoms with Crippen LogP contribution in [-0.4, -0.2) is 31.1 Å². The zero-order valence-corrected chi connectivity index (χ0v) is 13.5. The van der Waals surface area contributed by atoms with Gasteiger partial charge in [0.1, 0.15) is 12.4 Å². The number of nitrogens with zero attached hydrogens (tertiary/aromatic N) is 1. The third-order valence-electron chi connectivity index (χ3n) is 4.16. The van der Waals surface area contributed by atoms with E-state index >= 15 is 0 Å². The average Bonchev–Trinajstić information content (AvgIpc) is 2.38. The van der Waals surface area contributed by atoms with Crippen LogP contribution in [0.15, 0.2) is 18.2 Å². The van der Waals surface area contributed by atoms with Crippen LogP contribution in [0.3, 0.4) is 0 Å². The summed E-state index contributed by atoms with van der Waals surface area (Å²) in [5.41, 5.74) is 2.66. The topological polar surface area (TPSA) is 12.5 Å². The van der Waals surface area contributed by atoms with Crippen molar-refractivity contribution in [2.75, 3.05) is 26.2 Å². The van der Waals surface area contributed by atoms with E-state index < -0.39 is 0 Å². The monoisotopic (exact) mass is 275 g/mol. The van der Waals surface area contributed by atoms with E-state index in [4.69, 9.17) is 4.74 Å². The van der Waals surface area contributed by atoms with Gasteiger partial charge in [-0.1, -0.05) is 26.8 Å². The molecule has 1 fully saturated rings. The molecule has 0 aliphatic carbocycles. The molecule has 1 aliphatic rings. The fraction of sp³-hybridized carbons (Fsp3) is 0.667. The molecule has 0 amide bonds. The Morgan fingerprint density at radius 1 is 1.30 bits per heavy atom. The molecule has 2 nitrogen and oxygen atoms in total. The zero-order valence-electron chi connectivity index (χ0n) is 13.5. The summed E-state index contributed by atoms with van der Waals surface area (Å²) in [7, 11) is 0. The number of hydrogen-bond acceptors (Lipinski definition) is 2. The highest BCUT2D eigenvalue weighted by molar-refractivity contribution is 5.35. The van der Waals surface area contributed by atoms with Crippen molar-refractivity contribution in [2.24, 2.45) is 5.92 Å². The van der Waals surface area contributed by atoms with E-state index in [0.29, 0.717) is 5.92 Å². The molecule has 112 valence electrons. The van der Waals surface area contributed by atoms with Gasteiger partial charge in [-0.05, 0) is 61.4 Å². The van der Waals surface area contributed by atoms with Crippen LogP contribution >= 0.6 is 0 Å². The lowest BCUT2D eigenvalue weighted by molar-refractivity contribution is 0.153. The van der Waals surface area contributed by atoms with Crippen LogP contribution in [0, 0.1) is 12.8 Å². The van der Waals surface area contributed by atoms with Crippen molar-refractivity contribution in [3.05, 3.63) is 29.3 Å². The molecular weight excluding hydrogens is 246 g/mol. The summed E-state index contributed by atoms with van der Waals surface area (Å²) in [6.45, 7) is 13.3. The predicted octanol–water partition coefficient (Wildman–Crippen LogP) is 4.23. The van der Waals surface area contributed by atoms with Gasteiger partial charge in [0.15, 0.2) is 0 Å². The molecule has 0 N–H and O–H groups in total. The van der Waals surface area contributed by atoms with Gasteiger partial charge >= 0.3 is 0 Å². The van der Waals surface area contributed by atoms with Crippen molar-refractivity contribution >= 4 is 0 Å². The lowest BCUT2D eigenvalue weighted by atomic mass is 10.0. The van der Waals surface area contributed by atoms with E-state index in [1.165, 1.54) is 37.1 Å². The molecule has 1 aliphatic heterocycles. The van der Waals surface area contributed by atoms with Crippen molar-refractivity contribution in [3.8, 4) is 5.75 Å². The summed E-state index contributed by atoms with van der Waals surface area (Å²) in [5, 5.41) is 0. The van der Waals surface area contributed by atoms with Crippen LogP contribution in [0.5, 0.6) is 5.75 Å². The summed E-state index contributed by atoms with van der Waals surface area (Å²) in [5.74, 6) is 2.43. The normalized spacial score (nSPS) is 20.4. The minimum atomic E-state index is 0.556. The summed E-state index contributed by atoms with van der Waals surface area (Å²) in [4.78, 5) is 2.54. The molecule has 1 heterocycles. The Morgan fingerprint density at radius 2 is 2.10 bits per heavy atom. The number of hydrogen-bond donors (Lipinski definition) is 0. The lowest BCUT2D eigenvalue weighted by Crippen LogP contribution is -2.37. The fourth-order valence-electron chi connectivity index (χ4n) is 2.98. The molecule has 0 bridgehead atoms. The van der Waals surface area contributed by atoms with Gasteiger partial charge < -0.3 is 4.74 Å². The Labute approximate surface area is 124 Å². The average molecular weight is 275 g/mol. The predicted molar refractivity (Wildman–Crippen MR) is 85.6 cm³/mol. The van der Waals surface area contributed by atoms with Crippen molar-refractivity contribution in [2.45, 2.75) is 46.5 Å². The number of piperidine rings is 1. The van der Waals surface area contributed by atoms with Crippen molar-refractivity contribution in [1.82, 2.24) is 4.90 Å². The van der Waals surface area contributed by atoms with E-state index in [1.54, 1.807) is 0 Å². The van der Waals surface area contributed by atoms with Crippen LogP contribution < -0.4 is 4.74 Å². The molecule has 0 spiro atoms. The summed E-state index contributed by atoms with van der Waals surface area (Å²) >= 11 is 0. The molecule has 20 heavy (non-hydrogen) atoms. The van der Waals surface area contributed by atoms with E-state index in [2.05, 4.69) is 50.8 Å². The van der Waals surface area contributed by atoms with Crippen LogP contribution in [0.25, 0.3) is 0 Å². The number of likely N-dealkylation sites (tertiary alicyclic amines) is 1. The Bertz CT molecular complexity index is 427. The Hall–Kier alpha value is -1.02. The first kappa shape index (κ1) is 15.4. The van der Waals surface area contributed by atoms with Gasteiger partial charge in [-0.2, -0.15) is 0 Å². The van der Waals surface area contributed by atoms with Crippen LogP contribution in [0.4, 0.5) is 0 Å². The maximum atomic E-state index is 5.97. The molecule has 2 heteroatoms. The Balaban J connectivity index is 1.84. The van der Waals surface area contributed by atoms with Crippen molar-refractivity contribution in [3.63, 3.8) is 0 Å². The van der Waals surface area contributed by atoms with Gasteiger partial charge in [0, 0.05) is 13.1 Å². The first-order chi connectivity index (χ1) is 9.54. The maximum Gasteiger partial charge on any atom is 0.119 e. The quantitative estimate of drug-likeness (QED) is 0.797. The van der Waals surface area contributed by atoms with Crippen LogP contribution in [-0.2, 0) is 0 Å². The standard InChI is InChI=1S/C18H29NO/c1-14(2)17-10-16(4)11-18(12-17)20-9-8-19-7-5-6-15(3)13-19/h10-12,14-15H,5-9,13H2,1-4H3. The highest BCUT2D eigenvalue weighted by atomic mass is 16.5. The minimum Gasteiger partial charge on any atom is -0.492 e. The molecule has 1 aromatic rings. The molecule has 1 unspecified atom stereocenters. The zero-order chi connectivity index (χ0) is 14.5. The second-order valence-corrected chi connectivity index (χ2v) is 6.63. The van der Waals surface area contributed by atoms with Crippen LogP contribution in [0.2, 0.25) is 0 Å². The molecular formula is C18H29NO. The second kappa shape index (κ2) is 7.12.